The number of hydrogen-bond acceptors (Lipinski definition) is 2. The molecule has 1 unspecified atom stereocenters. The molecule has 0 aromatic carbocycles. The van der Waals surface area contributed by atoms with Crippen LogP contribution in [0.2, 0.25) is 0 Å². The van der Waals surface area contributed by atoms with Crippen LogP contribution in [0.3, 0.4) is 0 Å². The molecule has 1 saturated heterocycles. The number of alkyl halides is 3. The van der Waals surface area contributed by atoms with Crippen molar-refractivity contribution in [3.05, 3.63) is 0 Å². The van der Waals surface area contributed by atoms with Gasteiger partial charge in [-0.3, -0.25) is 0 Å². The van der Waals surface area contributed by atoms with Crippen molar-refractivity contribution in [2.45, 2.75) is 44.7 Å². The summed E-state index contributed by atoms with van der Waals surface area (Å²) in [4.78, 5) is 0. The third kappa shape index (κ3) is 8.44. The zero-order chi connectivity index (χ0) is 12.6. The van der Waals surface area contributed by atoms with Crippen LogP contribution in [0.4, 0.5) is 13.2 Å². The SMILES string of the molecule is FC(F)(F)CCCNCCCC1CCCNC1. The molecule has 0 bridgehead atoms. The van der Waals surface area contributed by atoms with E-state index in [1.165, 1.54) is 19.3 Å². The topological polar surface area (TPSA) is 24.1 Å². The highest BCUT2D eigenvalue weighted by Crippen LogP contribution is 2.20. The predicted octanol–water partition coefficient (Wildman–Crippen LogP) is 2.70. The summed E-state index contributed by atoms with van der Waals surface area (Å²) >= 11 is 0. The summed E-state index contributed by atoms with van der Waals surface area (Å²) in [6.45, 7) is 3.55. The fourth-order valence-electron chi connectivity index (χ4n) is 2.22. The van der Waals surface area contributed by atoms with Crippen molar-refractivity contribution in [1.82, 2.24) is 10.6 Å². The lowest BCUT2D eigenvalue weighted by Crippen LogP contribution is -2.30. The van der Waals surface area contributed by atoms with Gasteiger partial charge >= 0.3 is 6.18 Å². The first-order valence-electron chi connectivity index (χ1n) is 6.56. The van der Waals surface area contributed by atoms with Crippen molar-refractivity contribution in [3.63, 3.8) is 0 Å². The molecule has 5 heteroatoms. The quantitative estimate of drug-likeness (QED) is 0.681. The van der Waals surface area contributed by atoms with Crippen molar-refractivity contribution in [2.24, 2.45) is 5.92 Å². The largest absolute Gasteiger partial charge is 0.389 e. The van der Waals surface area contributed by atoms with Gasteiger partial charge < -0.3 is 10.6 Å². The number of piperidine rings is 1. The minimum absolute atomic E-state index is 0.189. The van der Waals surface area contributed by atoms with Crippen LogP contribution in [-0.2, 0) is 0 Å². The fourth-order valence-corrected chi connectivity index (χ4v) is 2.22. The Morgan fingerprint density at radius 2 is 1.94 bits per heavy atom. The van der Waals surface area contributed by atoms with Gasteiger partial charge in [0.15, 0.2) is 0 Å². The first-order valence-corrected chi connectivity index (χ1v) is 6.56. The van der Waals surface area contributed by atoms with Gasteiger partial charge in [-0.1, -0.05) is 0 Å². The van der Waals surface area contributed by atoms with Crippen LogP contribution >= 0.6 is 0 Å². The molecule has 1 rings (SSSR count). The van der Waals surface area contributed by atoms with Crippen molar-refractivity contribution in [2.75, 3.05) is 26.2 Å². The van der Waals surface area contributed by atoms with Gasteiger partial charge in [-0.05, 0) is 64.2 Å². The summed E-state index contributed by atoms with van der Waals surface area (Å²) in [7, 11) is 0. The highest BCUT2D eigenvalue weighted by Gasteiger charge is 2.25. The molecule has 1 atom stereocenters. The van der Waals surface area contributed by atoms with E-state index >= 15 is 0 Å². The van der Waals surface area contributed by atoms with E-state index in [9.17, 15) is 13.2 Å². The third-order valence-electron chi connectivity index (χ3n) is 3.18. The van der Waals surface area contributed by atoms with E-state index < -0.39 is 12.6 Å². The average molecular weight is 252 g/mol. The van der Waals surface area contributed by atoms with Crippen molar-refractivity contribution in [3.8, 4) is 0 Å². The monoisotopic (exact) mass is 252 g/mol. The molecule has 0 amide bonds. The molecule has 0 radical (unpaired) electrons. The molecule has 0 aliphatic carbocycles. The van der Waals surface area contributed by atoms with Crippen LogP contribution in [-0.4, -0.2) is 32.4 Å². The summed E-state index contributed by atoms with van der Waals surface area (Å²) in [6, 6.07) is 0. The van der Waals surface area contributed by atoms with Crippen LogP contribution in [0.5, 0.6) is 0 Å². The number of rotatable bonds is 7. The Morgan fingerprint density at radius 3 is 2.59 bits per heavy atom. The van der Waals surface area contributed by atoms with Crippen molar-refractivity contribution >= 4 is 0 Å². The maximum absolute atomic E-state index is 11.8. The molecule has 0 spiro atoms. The van der Waals surface area contributed by atoms with Crippen molar-refractivity contribution in [1.29, 1.82) is 0 Å². The van der Waals surface area contributed by atoms with Gasteiger partial charge in [0.2, 0.25) is 0 Å². The number of hydrogen-bond donors (Lipinski definition) is 2. The van der Waals surface area contributed by atoms with Crippen molar-refractivity contribution < 1.29 is 13.2 Å². The first-order chi connectivity index (χ1) is 8.08. The zero-order valence-corrected chi connectivity index (χ0v) is 10.3. The number of nitrogens with one attached hydrogen (secondary N) is 2. The van der Waals surface area contributed by atoms with Crippen LogP contribution < -0.4 is 10.6 Å². The molecule has 0 saturated carbocycles. The van der Waals surface area contributed by atoms with E-state index in [1.807, 2.05) is 0 Å². The summed E-state index contributed by atoms with van der Waals surface area (Å²) in [5.41, 5.74) is 0. The Morgan fingerprint density at radius 1 is 1.18 bits per heavy atom. The summed E-state index contributed by atoms with van der Waals surface area (Å²) < 4.78 is 35.5. The van der Waals surface area contributed by atoms with E-state index in [4.69, 9.17) is 0 Å². The zero-order valence-electron chi connectivity index (χ0n) is 10.3. The normalized spacial score (nSPS) is 21.7. The van der Waals surface area contributed by atoms with E-state index in [1.54, 1.807) is 0 Å². The van der Waals surface area contributed by atoms with E-state index in [-0.39, 0.29) is 6.42 Å². The van der Waals surface area contributed by atoms with Gasteiger partial charge in [0.05, 0.1) is 0 Å². The lowest BCUT2D eigenvalue weighted by molar-refractivity contribution is -0.135. The predicted molar refractivity (Wildman–Crippen MR) is 63.0 cm³/mol. The lowest BCUT2D eigenvalue weighted by atomic mass is 9.95. The van der Waals surface area contributed by atoms with E-state index in [0.717, 1.165) is 32.0 Å². The molecule has 1 fully saturated rings. The second-order valence-corrected chi connectivity index (χ2v) is 4.82. The van der Waals surface area contributed by atoms with Crippen LogP contribution in [0, 0.1) is 5.92 Å². The summed E-state index contributed by atoms with van der Waals surface area (Å²) in [5.74, 6) is 0.765. The highest BCUT2D eigenvalue weighted by atomic mass is 19.4. The Balaban J connectivity index is 1.84. The maximum atomic E-state index is 11.8. The Hall–Kier alpha value is -0.290. The van der Waals surface area contributed by atoms with E-state index in [2.05, 4.69) is 10.6 Å². The van der Waals surface area contributed by atoms with Crippen LogP contribution in [0.25, 0.3) is 0 Å². The van der Waals surface area contributed by atoms with Crippen LogP contribution in [0.15, 0.2) is 0 Å². The average Bonchev–Trinajstić information content (AvgIpc) is 2.28. The fraction of sp³-hybridized carbons (Fsp3) is 1.00. The molecule has 102 valence electrons. The van der Waals surface area contributed by atoms with Gasteiger partial charge in [-0.25, -0.2) is 0 Å². The summed E-state index contributed by atoms with van der Waals surface area (Å²) in [6.07, 6.45) is 0.304. The van der Waals surface area contributed by atoms with Gasteiger partial charge in [0.25, 0.3) is 0 Å². The molecular formula is C12H23F3N2. The number of halogens is 3. The minimum atomic E-state index is -4.00. The Kier molecular flexibility index (Phi) is 6.89. The Labute approximate surface area is 101 Å². The molecule has 1 aliphatic heterocycles. The standard InChI is InChI=1S/C12H23F3N2/c13-12(14,15)6-3-9-16-7-1-4-11-5-2-8-17-10-11/h11,16-17H,1-10H2. The molecule has 2 N–H and O–H groups in total. The first kappa shape index (κ1) is 14.8. The smallest absolute Gasteiger partial charge is 0.317 e. The summed E-state index contributed by atoms with van der Waals surface area (Å²) in [5, 5.41) is 6.44. The molecule has 0 aromatic rings. The molecule has 0 aromatic heterocycles. The second kappa shape index (κ2) is 7.93. The lowest BCUT2D eigenvalue weighted by Gasteiger charge is -2.22. The Bertz CT molecular complexity index is 189. The molecular weight excluding hydrogens is 229 g/mol. The second-order valence-electron chi connectivity index (χ2n) is 4.82. The van der Waals surface area contributed by atoms with Gasteiger partial charge in [-0.2, -0.15) is 13.2 Å². The maximum Gasteiger partial charge on any atom is 0.389 e. The highest BCUT2D eigenvalue weighted by molar-refractivity contribution is 4.69. The van der Waals surface area contributed by atoms with Crippen LogP contribution in [0.1, 0.15) is 38.5 Å². The van der Waals surface area contributed by atoms with E-state index in [0.29, 0.717) is 6.54 Å². The minimum Gasteiger partial charge on any atom is -0.317 e. The van der Waals surface area contributed by atoms with Gasteiger partial charge in [-0.15, -0.1) is 0 Å². The van der Waals surface area contributed by atoms with Gasteiger partial charge in [0.1, 0.15) is 0 Å². The van der Waals surface area contributed by atoms with Gasteiger partial charge in [0, 0.05) is 6.42 Å². The molecule has 1 heterocycles. The third-order valence-corrected chi connectivity index (χ3v) is 3.18. The molecule has 1 aliphatic rings. The molecule has 17 heavy (non-hydrogen) atoms. The molecule has 2 nitrogen and oxygen atoms in total.